The van der Waals surface area contributed by atoms with Crippen molar-refractivity contribution in [2.45, 2.75) is 18.2 Å². The Balaban J connectivity index is 1.39. The van der Waals surface area contributed by atoms with Gasteiger partial charge in [0, 0.05) is 18.3 Å². The number of aryl methyl sites for hydroxylation is 1. The van der Waals surface area contributed by atoms with E-state index in [0.29, 0.717) is 11.4 Å². The van der Waals surface area contributed by atoms with Crippen molar-refractivity contribution in [1.29, 1.82) is 0 Å². The maximum absolute atomic E-state index is 13.2. The second kappa shape index (κ2) is 8.47. The summed E-state index contributed by atoms with van der Waals surface area (Å²) in [6, 6.07) is 27.5. The average molecular weight is 469 g/mol. The number of anilines is 2. The Hall–Kier alpha value is -3.90. The van der Waals surface area contributed by atoms with E-state index in [-0.39, 0.29) is 16.4 Å². The first-order valence-electron chi connectivity index (χ1n) is 11.0. The van der Waals surface area contributed by atoms with Gasteiger partial charge < -0.3 is 5.32 Å². The van der Waals surface area contributed by atoms with Crippen molar-refractivity contribution in [1.82, 2.24) is 0 Å². The highest BCUT2D eigenvalue weighted by molar-refractivity contribution is 7.92. The van der Waals surface area contributed by atoms with Crippen molar-refractivity contribution in [2.75, 3.05) is 16.7 Å². The van der Waals surface area contributed by atoms with Crippen LogP contribution >= 0.6 is 0 Å². The van der Waals surface area contributed by atoms with Gasteiger partial charge in [-0.15, -0.1) is 0 Å². The summed E-state index contributed by atoms with van der Waals surface area (Å²) < 4.78 is 27.6. The highest BCUT2D eigenvalue weighted by atomic mass is 32.2. The van der Waals surface area contributed by atoms with Crippen LogP contribution in [0.5, 0.6) is 0 Å². The van der Waals surface area contributed by atoms with Crippen molar-refractivity contribution >= 4 is 27.3 Å². The van der Waals surface area contributed by atoms with Crippen LogP contribution < -0.4 is 9.62 Å². The van der Waals surface area contributed by atoms with Gasteiger partial charge in [-0.2, -0.15) is 0 Å². The molecule has 1 aliphatic rings. The van der Waals surface area contributed by atoms with E-state index >= 15 is 0 Å². The Kier molecular flexibility index (Phi) is 5.46. The zero-order valence-corrected chi connectivity index (χ0v) is 19.8. The summed E-state index contributed by atoms with van der Waals surface area (Å²) in [6.45, 7) is 1.94. The van der Waals surface area contributed by atoms with Crippen LogP contribution in [-0.4, -0.2) is 21.4 Å². The largest absolute Gasteiger partial charge is 0.322 e. The van der Waals surface area contributed by atoms with Crippen molar-refractivity contribution in [2.24, 2.45) is 0 Å². The quantitative estimate of drug-likeness (QED) is 0.363. The molecule has 0 spiro atoms. The minimum atomic E-state index is -3.82. The first-order chi connectivity index (χ1) is 16.3. The molecule has 1 N–H and O–H groups in total. The third-order valence-corrected chi connectivity index (χ3v) is 7.99. The van der Waals surface area contributed by atoms with Gasteiger partial charge in [-0.1, -0.05) is 54.1 Å². The molecule has 0 saturated heterocycles. The number of hydrogen-bond donors (Lipinski definition) is 1. The monoisotopic (exact) mass is 468 g/mol. The van der Waals surface area contributed by atoms with Crippen LogP contribution in [0.3, 0.4) is 0 Å². The van der Waals surface area contributed by atoms with Crippen molar-refractivity contribution in [3.05, 3.63) is 113 Å². The first-order valence-corrected chi connectivity index (χ1v) is 12.5. The molecule has 1 aliphatic carbocycles. The molecule has 0 aromatic heterocycles. The normalized spacial score (nSPS) is 12.1. The number of rotatable bonds is 5. The molecular formula is C28H24N2O3S. The smallest absolute Gasteiger partial charge is 0.264 e. The van der Waals surface area contributed by atoms with Gasteiger partial charge in [0.2, 0.25) is 0 Å². The highest BCUT2D eigenvalue weighted by Crippen LogP contribution is 2.37. The summed E-state index contributed by atoms with van der Waals surface area (Å²) in [6.07, 6.45) is 0.883. The topological polar surface area (TPSA) is 66.5 Å². The third kappa shape index (κ3) is 3.97. The number of nitrogens with one attached hydrogen (secondary N) is 1. The number of amides is 1. The predicted molar refractivity (Wildman–Crippen MR) is 136 cm³/mol. The lowest BCUT2D eigenvalue weighted by Gasteiger charge is -2.20. The lowest BCUT2D eigenvalue weighted by Crippen LogP contribution is -2.26. The second-order valence-corrected chi connectivity index (χ2v) is 10.5. The number of sulfonamides is 1. The number of carbonyl (C=O) groups excluding carboxylic acids is 1. The molecular weight excluding hydrogens is 444 g/mol. The molecule has 0 bridgehead atoms. The third-order valence-electron chi connectivity index (χ3n) is 6.21. The lowest BCUT2D eigenvalue weighted by molar-refractivity contribution is 0.102. The molecule has 4 aromatic carbocycles. The van der Waals surface area contributed by atoms with E-state index in [9.17, 15) is 13.2 Å². The minimum absolute atomic E-state index is 0.0612. The van der Waals surface area contributed by atoms with Gasteiger partial charge in [0.1, 0.15) is 0 Å². The van der Waals surface area contributed by atoms with Gasteiger partial charge in [-0.25, -0.2) is 8.42 Å². The van der Waals surface area contributed by atoms with Gasteiger partial charge in [0.25, 0.3) is 15.9 Å². The van der Waals surface area contributed by atoms with Crippen LogP contribution in [0.1, 0.15) is 27.0 Å². The minimum Gasteiger partial charge on any atom is -0.322 e. The van der Waals surface area contributed by atoms with Gasteiger partial charge in [-0.3, -0.25) is 9.10 Å². The Morgan fingerprint density at radius 3 is 2.35 bits per heavy atom. The number of benzene rings is 4. The molecule has 6 heteroatoms. The van der Waals surface area contributed by atoms with E-state index in [1.165, 1.54) is 40.2 Å². The second-order valence-electron chi connectivity index (χ2n) is 8.50. The molecule has 34 heavy (non-hydrogen) atoms. The molecule has 4 aromatic rings. The number of fused-ring (bicyclic) bond motifs is 3. The van der Waals surface area contributed by atoms with E-state index in [2.05, 4.69) is 17.4 Å². The fourth-order valence-electron chi connectivity index (χ4n) is 4.25. The van der Waals surface area contributed by atoms with Crippen LogP contribution in [0.2, 0.25) is 0 Å². The van der Waals surface area contributed by atoms with Crippen LogP contribution in [0.15, 0.2) is 95.9 Å². The fourth-order valence-corrected chi connectivity index (χ4v) is 5.50. The Labute approximate surface area is 199 Å². The van der Waals surface area contributed by atoms with E-state index < -0.39 is 10.0 Å². The van der Waals surface area contributed by atoms with E-state index in [1.807, 2.05) is 49.4 Å². The maximum Gasteiger partial charge on any atom is 0.264 e. The Morgan fingerprint density at radius 1 is 0.824 bits per heavy atom. The van der Waals surface area contributed by atoms with Gasteiger partial charge in [-0.05, 0) is 78.1 Å². The molecule has 0 heterocycles. The summed E-state index contributed by atoms with van der Waals surface area (Å²) in [4.78, 5) is 13.1. The van der Waals surface area contributed by atoms with Crippen molar-refractivity contribution in [3.63, 3.8) is 0 Å². The standard InChI is InChI=1S/C28H24N2O3S/c1-19-10-14-24(15-11-19)30(2)34(32,33)25-8-5-7-22(17-25)28(31)29-23-13-12-21-16-20-6-3-4-9-26(20)27(21)18-23/h3-15,17-18H,16H2,1-2H3,(H,29,31). The van der Waals surface area contributed by atoms with Gasteiger partial charge >= 0.3 is 0 Å². The van der Waals surface area contributed by atoms with Crippen LogP contribution in [-0.2, 0) is 16.4 Å². The lowest BCUT2D eigenvalue weighted by atomic mass is 10.1. The SMILES string of the molecule is Cc1ccc(N(C)S(=O)(=O)c2cccc(C(=O)Nc3ccc4c(c3)-c3ccccc3C4)c2)cc1. The summed E-state index contributed by atoms with van der Waals surface area (Å²) >= 11 is 0. The highest BCUT2D eigenvalue weighted by Gasteiger charge is 2.23. The predicted octanol–water partition coefficient (Wildman–Crippen LogP) is 5.64. The number of hydrogen-bond acceptors (Lipinski definition) is 3. The molecule has 5 nitrogen and oxygen atoms in total. The summed E-state index contributed by atoms with van der Waals surface area (Å²) in [7, 11) is -2.31. The molecule has 0 radical (unpaired) electrons. The fraction of sp³-hybridized carbons (Fsp3) is 0.107. The van der Waals surface area contributed by atoms with E-state index in [4.69, 9.17) is 0 Å². The van der Waals surface area contributed by atoms with Gasteiger partial charge in [0.15, 0.2) is 0 Å². The summed E-state index contributed by atoms with van der Waals surface area (Å²) in [5.41, 5.74) is 7.35. The molecule has 0 unspecified atom stereocenters. The molecule has 5 rings (SSSR count). The Bertz CT molecular complexity index is 1510. The number of carbonyl (C=O) groups is 1. The Morgan fingerprint density at radius 2 is 1.56 bits per heavy atom. The molecule has 170 valence electrons. The van der Waals surface area contributed by atoms with E-state index in [0.717, 1.165) is 17.5 Å². The summed E-state index contributed by atoms with van der Waals surface area (Å²) in [5, 5.41) is 2.92. The molecule has 0 aliphatic heterocycles. The molecule has 0 saturated carbocycles. The number of nitrogens with zero attached hydrogens (tertiary/aromatic N) is 1. The van der Waals surface area contributed by atoms with Gasteiger partial charge in [0.05, 0.1) is 10.6 Å². The average Bonchev–Trinajstić information content (AvgIpc) is 3.22. The van der Waals surface area contributed by atoms with E-state index in [1.54, 1.807) is 24.3 Å². The zero-order chi connectivity index (χ0) is 23.9. The zero-order valence-electron chi connectivity index (χ0n) is 18.9. The van der Waals surface area contributed by atoms with Crippen LogP contribution in [0.4, 0.5) is 11.4 Å². The molecule has 1 amide bonds. The van der Waals surface area contributed by atoms with Crippen molar-refractivity contribution < 1.29 is 13.2 Å². The molecule has 0 atom stereocenters. The first kappa shape index (κ1) is 21.9. The van der Waals surface area contributed by atoms with Crippen LogP contribution in [0, 0.1) is 6.92 Å². The van der Waals surface area contributed by atoms with Crippen molar-refractivity contribution in [3.8, 4) is 11.1 Å². The molecule has 0 fully saturated rings. The maximum atomic E-state index is 13.2. The summed E-state index contributed by atoms with van der Waals surface area (Å²) in [5.74, 6) is -0.360. The van der Waals surface area contributed by atoms with Crippen LogP contribution in [0.25, 0.3) is 11.1 Å².